The Hall–Kier alpha value is -2.91. The average molecular weight is 553 g/mol. The van der Waals surface area contributed by atoms with E-state index in [4.69, 9.17) is 9.47 Å². The molecule has 6 rings (SSSR count). The first-order valence-corrected chi connectivity index (χ1v) is 13.2. The van der Waals surface area contributed by atoms with E-state index in [0.717, 1.165) is 33.9 Å². The average Bonchev–Trinajstić information content (AvgIpc) is 3.10. The predicted molar refractivity (Wildman–Crippen MR) is 142 cm³/mol. The number of aromatic nitrogens is 3. The Morgan fingerprint density at radius 3 is 2.50 bits per heavy atom. The van der Waals surface area contributed by atoms with Gasteiger partial charge in [-0.25, -0.2) is 4.79 Å². The molecule has 0 unspecified atom stereocenters. The van der Waals surface area contributed by atoms with Crippen molar-refractivity contribution in [1.82, 2.24) is 18.9 Å². The van der Waals surface area contributed by atoms with Crippen LogP contribution in [0.4, 0.5) is 4.79 Å². The smallest absolute Gasteiger partial charge is 0.410 e. The predicted octanol–water partition coefficient (Wildman–Crippen LogP) is 5.25. The van der Waals surface area contributed by atoms with E-state index in [1.165, 1.54) is 5.56 Å². The molecule has 9 heteroatoms. The number of piperidine rings is 1. The van der Waals surface area contributed by atoms with E-state index in [0.29, 0.717) is 43.4 Å². The second-order valence-electron chi connectivity index (χ2n) is 10.7. The highest BCUT2D eigenvalue weighted by Crippen LogP contribution is 2.35. The number of halogens is 1. The first-order chi connectivity index (χ1) is 17.2. The van der Waals surface area contributed by atoms with Crippen LogP contribution in [0.3, 0.4) is 0 Å². The Morgan fingerprint density at radius 2 is 1.83 bits per heavy atom. The van der Waals surface area contributed by atoms with Crippen LogP contribution in [0.5, 0.6) is 0 Å². The summed E-state index contributed by atoms with van der Waals surface area (Å²) in [5, 5.41) is 0.581. The molecule has 2 saturated heterocycles. The number of imidazole rings is 1. The molecule has 4 aromatic rings. The summed E-state index contributed by atoms with van der Waals surface area (Å²) in [5.41, 5.74) is 3.41. The van der Waals surface area contributed by atoms with Gasteiger partial charge < -0.3 is 18.9 Å². The second-order valence-corrected chi connectivity index (χ2v) is 11.6. The minimum atomic E-state index is -0.493. The van der Waals surface area contributed by atoms with E-state index in [9.17, 15) is 9.59 Å². The molecule has 4 heterocycles. The number of ether oxygens (including phenoxy) is 2. The molecule has 36 heavy (non-hydrogen) atoms. The fraction of sp³-hybridized carbons (Fsp3) is 0.444. The van der Waals surface area contributed by atoms with Crippen molar-refractivity contribution < 1.29 is 14.3 Å². The van der Waals surface area contributed by atoms with Crippen molar-refractivity contribution >= 4 is 49.7 Å². The zero-order chi connectivity index (χ0) is 25.2. The molecular formula is C27H29BrN4O4. The second kappa shape index (κ2) is 8.59. The number of rotatable bonds is 2. The third-order valence-electron chi connectivity index (χ3n) is 7.17. The van der Waals surface area contributed by atoms with Crippen molar-refractivity contribution in [2.24, 2.45) is 0 Å². The van der Waals surface area contributed by atoms with Gasteiger partial charge in [0.15, 0.2) is 0 Å². The maximum Gasteiger partial charge on any atom is 0.410 e. The zero-order valence-corrected chi connectivity index (χ0v) is 22.2. The van der Waals surface area contributed by atoms with Crippen molar-refractivity contribution in [3.05, 3.63) is 56.8 Å². The van der Waals surface area contributed by atoms with E-state index < -0.39 is 5.60 Å². The van der Waals surface area contributed by atoms with Gasteiger partial charge in [0.1, 0.15) is 5.60 Å². The summed E-state index contributed by atoms with van der Waals surface area (Å²) < 4.78 is 16.1. The quantitative estimate of drug-likeness (QED) is 0.339. The summed E-state index contributed by atoms with van der Waals surface area (Å²) in [6.45, 7) is 8.23. The van der Waals surface area contributed by atoms with Crippen LogP contribution in [0.2, 0.25) is 0 Å². The molecule has 0 aliphatic carbocycles. The van der Waals surface area contributed by atoms with Gasteiger partial charge in [-0.2, -0.15) is 4.98 Å². The lowest BCUT2D eigenvalue weighted by Crippen LogP contribution is -2.41. The lowest BCUT2D eigenvalue weighted by molar-refractivity contribution is -0.0201. The van der Waals surface area contributed by atoms with E-state index in [1.54, 1.807) is 0 Å². The van der Waals surface area contributed by atoms with E-state index in [2.05, 4.69) is 48.1 Å². The van der Waals surface area contributed by atoms with Crippen LogP contribution in [-0.2, 0) is 9.47 Å². The van der Waals surface area contributed by atoms with Crippen LogP contribution in [0, 0.1) is 0 Å². The number of hydrogen-bond acceptors (Lipinski definition) is 5. The first-order valence-electron chi connectivity index (χ1n) is 12.4. The van der Waals surface area contributed by atoms with Gasteiger partial charge in [0.2, 0.25) is 5.78 Å². The fourth-order valence-electron chi connectivity index (χ4n) is 5.35. The van der Waals surface area contributed by atoms with Crippen LogP contribution in [0.15, 0.2) is 45.7 Å². The number of nitrogens with zero attached hydrogens (tertiary/aromatic N) is 4. The van der Waals surface area contributed by atoms with Crippen LogP contribution in [0.1, 0.15) is 51.1 Å². The van der Waals surface area contributed by atoms with E-state index in [1.807, 2.05) is 43.9 Å². The molecule has 2 aliphatic heterocycles. The third kappa shape index (κ3) is 3.89. The Morgan fingerprint density at radius 1 is 1.08 bits per heavy atom. The van der Waals surface area contributed by atoms with E-state index >= 15 is 0 Å². The molecule has 8 nitrogen and oxygen atoms in total. The number of carbonyl (C=O) groups excluding carboxylic acids is 1. The van der Waals surface area contributed by atoms with Gasteiger partial charge in [-0.15, -0.1) is 0 Å². The Balaban J connectivity index is 1.41. The highest BCUT2D eigenvalue weighted by molar-refractivity contribution is 9.10. The first kappa shape index (κ1) is 23.5. The molecule has 2 aromatic carbocycles. The minimum Gasteiger partial charge on any atom is -0.444 e. The number of amides is 1. The summed E-state index contributed by atoms with van der Waals surface area (Å²) in [4.78, 5) is 31.9. The SMILES string of the molecule is CC(C)(C)OC(=O)N1CCC(c2ccc3c(c2)n(C2COC2)c2nc(=O)c4c(Br)cccc4n32)CC1. The van der Waals surface area contributed by atoms with Crippen molar-refractivity contribution in [2.45, 2.75) is 51.2 Å². The molecule has 0 N–H and O–H groups in total. The molecule has 2 fully saturated rings. The zero-order valence-electron chi connectivity index (χ0n) is 20.7. The van der Waals surface area contributed by atoms with Gasteiger partial charge in [0.25, 0.3) is 5.56 Å². The van der Waals surface area contributed by atoms with Crippen molar-refractivity contribution in [3.63, 3.8) is 0 Å². The topological polar surface area (TPSA) is 78.1 Å². The normalized spacial score (nSPS) is 17.7. The minimum absolute atomic E-state index is 0.137. The number of likely N-dealkylation sites (tertiary alicyclic amines) is 1. The van der Waals surface area contributed by atoms with Crippen molar-refractivity contribution in [2.75, 3.05) is 26.3 Å². The molecule has 1 amide bonds. The summed E-state index contributed by atoms with van der Waals surface area (Å²) in [7, 11) is 0. The number of fused-ring (bicyclic) bond motifs is 5. The molecule has 2 aliphatic rings. The lowest BCUT2D eigenvalue weighted by Gasteiger charge is -2.33. The summed E-state index contributed by atoms with van der Waals surface area (Å²) in [6.07, 6.45) is 1.52. The molecule has 0 saturated carbocycles. The number of benzene rings is 2. The number of carbonyl (C=O) groups is 1. The summed E-state index contributed by atoms with van der Waals surface area (Å²) in [5.74, 6) is 0.988. The molecule has 188 valence electrons. The van der Waals surface area contributed by atoms with Gasteiger partial charge in [0, 0.05) is 17.6 Å². The van der Waals surface area contributed by atoms with Crippen LogP contribution in [0.25, 0.3) is 27.7 Å². The van der Waals surface area contributed by atoms with Crippen LogP contribution < -0.4 is 5.56 Å². The van der Waals surface area contributed by atoms with Gasteiger partial charge >= 0.3 is 6.09 Å². The highest BCUT2D eigenvalue weighted by atomic mass is 79.9. The monoisotopic (exact) mass is 552 g/mol. The van der Waals surface area contributed by atoms with Gasteiger partial charge in [-0.05, 0) is 85.3 Å². The maximum atomic E-state index is 13.0. The standard InChI is InChI=1S/C27H29BrN4O4/c1-27(2,3)36-26(34)30-11-9-16(10-12-30)17-7-8-20-22(13-17)31(18-14-35-15-18)25-29-24(33)23-19(28)5-4-6-21(23)32(20)25/h4-8,13,16,18H,9-12,14-15H2,1-3H3. The summed E-state index contributed by atoms with van der Waals surface area (Å²) >= 11 is 3.54. The molecule has 0 spiro atoms. The Bertz CT molecular complexity index is 1560. The molecule has 0 atom stereocenters. The van der Waals surface area contributed by atoms with Crippen LogP contribution >= 0.6 is 15.9 Å². The van der Waals surface area contributed by atoms with Gasteiger partial charge in [-0.3, -0.25) is 9.20 Å². The highest BCUT2D eigenvalue weighted by Gasteiger charge is 2.30. The van der Waals surface area contributed by atoms with Gasteiger partial charge in [0.05, 0.1) is 41.2 Å². The van der Waals surface area contributed by atoms with E-state index in [-0.39, 0.29) is 17.7 Å². The third-order valence-corrected chi connectivity index (χ3v) is 7.83. The molecular weight excluding hydrogens is 524 g/mol. The molecule has 2 aromatic heterocycles. The Kier molecular flexibility index (Phi) is 5.60. The van der Waals surface area contributed by atoms with Crippen molar-refractivity contribution in [1.29, 1.82) is 0 Å². The van der Waals surface area contributed by atoms with Crippen LogP contribution in [-0.4, -0.2) is 56.8 Å². The summed E-state index contributed by atoms with van der Waals surface area (Å²) in [6, 6.07) is 12.5. The molecule has 0 radical (unpaired) electrons. The maximum absolute atomic E-state index is 13.0. The fourth-order valence-corrected chi connectivity index (χ4v) is 5.88. The molecule has 0 bridgehead atoms. The van der Waals surface area contributed by atoms with Gasteiger partial charge in [-0.1, -0.05) is 12.1 Å². The number of hydrogen-bond donors (Lipinski definition) is 0. The van der Waals surface area contributed by atoms with Crippen molar-refractivity contribution in [3.8, 4) is 0 Å². The lowest BCUT2D eigenvalue weighted by atomic mass is 9.89. The Labute approximate surface area is 216 Å². The largest absolute Gasteiger partial charge is 0.444 e.